The van der Waals surface area contributed by atoms with Gasteiger partial charge in [-0.05, 0) is 24.1 Å². The van der Waals surface area contributed by atoms with Crippen molar-refractivity contribution in [3.05, 3.63) is 35.4 Å². The lowest BCUT2D eigenvalue weighted by molar-refractivity contribution is -0.136. The van der Waals surface area contributed by atoms with Gasteiger partial charge < -0.3 is 10.2 Å². The summed E-state index contributed by atoms with van der Waals surface area (Å²) < 4.78 is 0. The maximum Gasteiger partial charge on any atom is 0.307 e. The molecule has 0 radical (unpaired) electrons. The van der Waals surface area contributed by atoms with Crippen molar-refractivity contribution in [3.8, 4) is 5.75 Å². The fourth-order valence-corrected chi connectivity index (χ4v) is 1.42. The predicted molar refractivity (Wildman–Crippen MR) is 63.8 cm³/mol. The van der Waals surface area contributed by atoms with Crippen LogP contribution >= 0.6 is 11.6 Å². The van der Waals surface area contributed by atoms with Crippen LogP contribution in [0.15, 0.2) is 24.3 Å². The Hall–Kier alpha value is -1.48. The van der Waals surface area contributed by atoms with Crippen LogP contribution in [0.4, 0.5) is 0 Å². The normalized spacial score (nSPS) is 10.8. The van der Waals surface area contributed by atoms with E-state index in [0.717, 1.165) is 0 Å². The highest BCUT2D eigenvalue weighted by atomic mass is 35.5. The number of hydrogen-bond donors (Lipinski definition) is 2. The number of phenols is 1. The maximum atomic E-state index is 10.5. The van der Waals surface area contributed by atoms with E-state index in [-0.39, 0.29) is 12.2 Å². The van der Waals surface area contributed by atoms with Gasteiger partial charge >= 0.3 is 5.97 Å². The zero-order chi connectivity index (χ0) is 12.0. The Labute approximate surface area is 99.0 Å². The number of rotatable bonds is 5. The SMILES string of the molecule is O=C(O)Cc1ccc(O)c(C=CCCCl)c1. The number of allylic oxidation sites excluding steroid dienone is 1. The Morgan fingerprint density at radius 2 is 2.19 bits per heavy atom. The summed E-state index contributed by atoms with van der Waals surface area (Å²) in [4.78, 5) is 10.5. The fraction of sp³-hybridized carbons (Fsp3) is 0.250. The number of aliphatic carboxylic acids is 1. The molecule has 16 heavy (non-hydrogen) atoms. The summed E-state index contributed by atoms with van der Waals surface area (Å²) in [5, 5.41) is 18.2. The molecule has 0 amide bonds. The number of carbonyl (C=O) groups is 1. The Kier molecular flexibility index (Phi) is 4.86. The molecule has 1 aromatic rings. The van der Waals surface area contributed by atoms with E-state index in [1.807, 2.05) is 6.08 Å². The summed E-state index contributed by atoms with van der Waals surface area (Å²) in [7, 11) is 0. The van der Waals surface area contributed by atoms with Crippen molar-refractivity contribution in [2.24, 2.45) is 0 Å². The van der Waals surface area contributed by atoms with Crippen molar-refractivity contribution in [3.63, 3.8) is 0 Å². The molecule has 0 saturated carbocycles. The van der Waals surface area contributed by atoms with E-state index in [9.17, 15) is 9.90 Å². The van der Waals surface area contributed by atoms with Crippen LogP contribution in [0.25, 0.3) is 6.08 Å². The minimum atomic E-state index is -0.888. The van der Waals surface area contributed by atoms with E-state index in [1.165, 1.54) is 6.07 Å². The van der Waals surface area contributed by atoms with Gasteiger partial charge in [0.15, 0.2) is 0 Å². The zero-order valence-electron chi connectivity index (χ0n) is 8.69. The standard InChI is InChI=1S/C12H13ClO3/c13-6-2-1-3-10-7-9(8-12(15)16)4-5-11(10)14/h1,3-5,7,14H,2,6,8H2,(H,15,16). The summed E-state index contributed by atoms with van der Waals surface area (Å²) in [5.41, 5.74) is 1.28. The molecule has 3 nitrogen and oxygen atoms in total. The number of aromatic hydroxyl groups is 1. The molecule has 0 atom stereocenters. The largest absolute Gasteiger partial charge is 0.507 e. The van der Waals surface area contributed by atoms with Crippen LogP contribution in [0.1, 0.15) is 17.5 Å². The van der Waals surface area contributed by atoms with Gasteiger partial charge in [0.25, 0.3) is 0 Å². The highest BCUT2D eigenvalue weighted by molar-refractivity contribution is 6.17. The lowest BCUT2D eigenvalue weighted by Gasteiger charge is -2.02. The lowest BCUT2D eigenvalue weighted by Crippen LogP contribution is -1.99. The molecule has 0 spiro atoms. The summed E-state index contributed by atoms with van der Waals surface area (Å²) in [6, 6.07) is 4.76. The van der Waals surface area contributed by atoms with Crippen molar-refractivity contribution < 1.29 is 15.0 Å². The Balaban J connectivity index is 2.85. The lowest BCUT2D eigenvalue weighted by atomic mass is 10.1. The molecular weight excluding hydrogens is 228 g/mol. The van der Waals surface area contributed by atoms with E-state index in [2.05, 4.69) is 0 Å². The molecule has 2 N–H and O–H groups in total. The maximum absolute atomic E-state index is 10.5. The number of phenolic OH excluding ortho intramolecular Hbond substituents is 1. The van der Waals surface area contributed by atoms with Crippen molar-refractivity contribution >= 4 is 23.6 Å². The van der Waals surface area contributed by atoms with Crippen LogP contribution in [-0.2, 0) is 11.2 Å². The Bertz CT molecular complexity index is 399. The molecule has 0 heterocycles. The average Bonchev–Trinajstić information content (AvgIpc) is 2.22. The molecule has 0 fully saturated rings. The second-order valence-corrected chi connectivity index (χ2v) is 3.72. The van der Waals surface area contributed by atoms with E-state index in [0.29, 0.717) is 23.4 Å². The van der Waals surface area contributed by atoms with Crippen LogP contribution in [0.5, 0.6) is 5.75 Å². The number of halogens is 1. The van der Waals surface area contributed by atoms with Gasteiger partial charge in [0.2, 0.25) is 0 Å². The van der Waals surface area contributed by atoms with Crippen LogP contribution in [0, 0.1) is 0 Å². The second-order valence-electron chi connectivity index (χ2n) is 3.34. The quantitative estimate of drug-likeness (QED) is 0.778. The molecule has 0 aliphatic carbocycles. The molecule has 0 aliphatic heterocycles. The van der Waals surface area contributed by atoms with Gasteiger partial charge in [-0.25, -0.2) is 0 Å². The van der Waals surface area contributed by atoms with Crippen molar-refractivity contribution in [2.75, 3.05) is 5.88 Å². The van der Waals surface area contributed by atoms with Gasteiger partial charge in [-0.2, -0.15) is 0 Å². The first-order valence-corrected chi connectivity index (χ1v) is 5.43. The van der Waals surface area contributed by atoms with Crippen molar-refractivity contribution in [2.45, 2.75) is 12.8 Å². The van der Waals surface area contributed by atoms with Crippen molar-refractivity contribution in [1.82, 2.24) is 0 Å². The summed E-state index contributed by atoms with van der Waals surface area (Å²) in [6.07, 6.45) is 4.25. The van der Waals surface area contributed by atoms with E-state index in [4.69, 9.17) is 16.7 Å². The predicted octanol–water partition coefficient (Wildman–Crippen LogP) is 2.66. The van der Waals surface area contributed by atoms with Gasteiger partial charge in [-0.3, -0.25) is 4.79 Å². The molecule has 0 unspecified atom stereocenters. The number of benzene rings is 1. The molecule has 1 rings (SSSR count). The van der Waals surface area contributed by atoms with Gasteiger partial charge in [-0.15, -0.1) is 11.6 Å². The third-order valence-electron chi connectivity index (χ3n) is 2.02. The molecule has 0 aromatic heterocycles. The van der Waals surface area contributed by atoms with Crippen LogP contribution < -0.4 is 0 Å². The third kappa shape index (κ3) is 3.95. The average molecular weight is 241 g/mol. The fourth-order valence-electron chi connectivity index (χ4n) is 1.30. The number of hydrogen-bond acceptors (Lipinski definition) is 2. The molecule has 1 aromatic carbocycles. The highest BCUT2D eigenvalue weighted by Gasteiger charge is 2.03. The molecule has 0 saturated heterocycles. The van der Waals surface area contributed by atoms with Crippen LogP contribution in [-0.4, -0.2) is 22.1 Å². The van der Waals surface area contributed by atoms with E-state index < -0.39 is 5.97 Å². The first kappa shape index (κ1) is 12.6. The Morgan fingerprint density at radius 3 is 2.81 bits per heavy atom. The molecule has 0 aliphatic rings. The van der Waals surface area contributed by atoms with E-state index >= 15 is 0 Å². The molecule has 0 bridgehead atoms. The van der Waals surface area contributed by atoms with Gasteiger partial charge in [0, 0.05) is 11.4 Å². The molecule has 86 valence electrons. The van der Waals surface area contributed by atoms with Gasteiger partial charge in [0.1, 0.15) is 5.75 Å². The second kappa shape index (κ2) is 6.18. The minimum Gasteiger partial charge on any atom is -0.507 e. The topological polar surface area (TPSA) is 57.5 Å². The van der Waals surface area contributed by atoms with Gasteiger partial charge in [-0.1, -0.05) is 18.2 Å². The number of carboxylic acids is 1. The minimum absolute atomic E-state index is 0.0450. The molecular formula is C12H13ClO3. The van der Waals surface area contributed by atoms with Crippen LogP contribution in [0.3, 0.4) is 0 Å². The number of alkyl halides is 1. The van der Waals surface area contributed by atoms with Crippen LogP contribution in [0.2, 0.25) is 0 Å². The van der Waals surface area contributed by atoms with Crippen molar-refractivity contribution in [1.29, 1.82) is 0 Å². The summed E-state index contributed by atoms with van der Waals surface area (Å²) in [6.45, 7) is 0. The smallest absolute Gasteiger partial charge is 0.307 e. The third-order valence-corrected chi connectivity index (χ3v) is 2.24. The molecule has 4 heteroatoms. The first-order chi connectivity index (χ1) is 7.63. The monoisotopic (exact) mass is 240 g/mol. The first-order valence-electron chi connectivity index (χ1n) is 4.89. The number of carboxylic acid groups (broad SMARTS) is 1. The summed E-state index contributed by atoms with van der Waals surface area (Å²) in [5.74, 6) is -0.229. The van der Waals surface area contributed by atoms with Gasteiger partial charge in [0.05, 0.1) is 6.42 Å². The zero-order valence-corrected chi connectivity index (χ0v) is 9.44. The van der Waals surface area contributed by atoms with E-state index in [1.54, 1.807) is 18.2 Å². The Morgan fingerprint density at radius 1 is 1.44 bits per heavy atom. The summed E-state index contributed by atoms with van der Waals surface area (Å²) >= 11 is 5.52. The highest BCUT2D eigenvalue weighted by Crippen LogP contribution is 2.20.